The van der Waals surface area contributed by atoms with Gasteiger partial charge in [0.2, 0.25) is 10.0 Å². The number of aliphatic hydroxyl groups is 1. The van der Waals surface area contributed by atoms with Crippen molar-refractivity contribution in [3.05, 3.63) is 57.3 Å². The summed E-state index contributed by atoms with van der Waals surface area (Å²) in [6.45, 7) is 2.25. The van der Waals surface area contributed by atoms with Gasteiger partial charge in [0.25, 0.3) is 0 Å². The minimum Gasteiger partial charge on any atom is -0.392 e. The van der Waals surface area contributed by atoms with Crippen molar-refractivity contribution >= 4 is 21.4 Å². The van der Waals surface area contributed by atoms with Crippen molar-refractivity contribution in [1.82, 2.24) is 4.72 Å². The maximum Gasteiger partial charge on any atom is 0.216 e. The summed E-state index contributed by atoms with van der Waals surface area (Å²) in [4.78, 5) is 0. The fourth-order valence-corrected chi connectivity index (χ4v) is 3.73. The van der Waals surface area contributed by atoms with E-state index in [1.54, 1.807) is 35.6 Å². The number of benzene rings is 1. The summed E-state index contributed by atoms with van der Waals surface area (Å²) in [5.74, 6) is -0.0537. The van der Waals surface area contributed by atoms with Crippen molar-refractivity contribution in [2.75, 3.05) is 0 Å². The average Bonchev–Trinajstić information content (AvgIpc) is 2.83. The van der Waals surface area contributed by atoms with E-state index in [4.69, 9.17) is 5.11 Å². The summed E-state index contributed by atoms with van der Waals surface area (Å²) in [6, 6.07) is 6.91. The quantitative estimate of drug-likeness (QED) is 0.859. The van der Waals surface area contributed by atoms with E-state index in [2.05, 4.69) is 4.72 Å². The second-order valence-corrected chi connectivity index (χ2v) is 7.19. The molecule has 0 aliphatic rings. The van der Waals surface area contributed by atoms with Crippen LogP contribution in [0.5, 0.6) is 0 Å². The Morgan fingerprint density at radius 3 is 2.35 bits per heavy atom. The first-order valence-electron chi connectivity index (χ1n) is 6.18. The van der Waals surface area contributed by atoms with Crippen LogP contribution in [-0.2, 0) is 28.9 Å². The number of hydrogen-bond donors (Lipinski definition) is 2. The lowest BCUT2D eigenvalue weighted by atomic mass is 10.2. The van der Waals surface area contributed by atoms with Gasteiger partial charge in [0.1, 0.15) is 0 Å². The molecule has 0 atom stereocenters. The SMILES string of the molecule is Cc1cscc1CNS(=O)(=O)Cc1ccc(CO)cc1. The lowest BCUT2D eigenvalue weighted by Gasteiger charge is -2.07. The second kappa shape index (κ2) is 6.49. The molecule has 0 amide bonds. The van der Waals surface area contributed by atoms with Crippen LogP contribution in [0.3, 0.4) is 0 Å². The highest BCUT2D eigenvalue weighted by molar-refractivity contribution is 7.88. The van der Waals surface area contributed by atoms with Crippen LogP contribution in [0.2, 0.25) is 0 Å². The predicted molar refractivity (Wildman–Crippen MR) is 80.9 cm³/mol. The van der Waals surface area contributed by atoms with E-state index in [9.17, 15) is 8.42 Å². The van der Waals surface area contributed by atoms with Gasteiger partial charge >= 0.3 is 0 Å². The molecule has 2 rings (SSSR count). The topological polar surface area (TPSA) is 66.4 Å². The van der Waals surface area contributed by atoms with Crippen molar-refractivity contribution in [3.8, 4) is 0 Å². The van der Waals surface area contributed by atoms with E-state index >= 15 is 0 Å². The monoisotopic (exact) mass is 311 g/mol. The minimum absolute atomic E-state index is 0.0390. The minimum atomic E-state index is -3.35. The van der Waals surface area contributed by atoms with Gasteiger partial charge in [-0.1, -0.05) is 24.3 Å². The third kappa shape index (κ3) is 4.14. The largest absolute Gasteiger partial charge is 0.392 e. The zero-order valence-electron chi connectivity index (χ0n) is 11.2. The Labute approximate surface area is 123 Å². The van der Waals surface area contributed by atoms with Crippen LogP contribution < -0.4 is 4.72 Å². The van der Waals surface area contributed by atoms with Crippen molar-refractivity contribution < 1.29 is 13.5 Å². The molecule has 1 heterocycles. The molecule has 0 spiro atoms. The molecule has 20 heavy (non-hydrogen) atoms. The molecule has 0 saturated heterocycles. The third-order valence-corrected chi connectivity index (χ3v) is 5.21. The number of aliphatic hydroxyl groups excluding tert-OH is 1. The summed E-state index contributed by atoms with van der Waals surface area (Å²) in [6.07, 6.45) is 0. The molecular weight excluding hydrogens is 294 g/mol. The van der Waals surface area contributed by atoms with Gasteiger partial charge in [-0.2, -0.15) is 11.3 Å². The van der Waals surface area contributed by atoms with E-state index in [1.807, 2.05) is 17.7 Å². The molecule has 0 unspecified atom stereocenters. The lowest BCUT2D eigenvalue weighted by Crippen LogP contribution is -2.24. The Morgan fingerprint density at radius 2 is 1.80 bits per heavy atom. The Bertz CT molecular complexity index is 660. The Kier molecular flexibility index (Phi) is 4.93. The van der Waals surface area contributed by atoms with Gasteiger partial charge in [0.05, 0.1) is 12.4 Å². The first-order valence-corrected chi connectivity index (χ1v) is 8.77. The van der Waals surface area contributed by atoms with E-state index < -0.39 is 10.0 Å². The third-order valence-electron chi connectivity index (χ3n) is 3.01. The highest BCUT2D eigenvalue weighted by Crippen LogP contribution is 2.14. The molecule has 0 aliphatic heterocycles. The Balaban J connectivity index is 1.98. The molecule has 6 heteroatoms. The molecule has 0 bridgehead atoms. The van der Waals surface area contributed by atoms with E-state index in [1.165, 1.54) is 0 Å². The molecule has 1 aromatic heterocycles. The average molecular weight is 311 g/mol. The molecule has 4 nitrogen and oxygen atoms in total. The van der Waals surface area contributed by atoms with Crippen molar-refractivity contribution in [3.63, 3.8) is 0 Å². The number of hydrogen-bond acceptors (Lipinski definition) is 4. The number of aryl methyl sites for hydroxylation is 1. The highest BCUT2D eigenvalue weighted by Gasteiger charge is 2.12. The number of thiophene rings is 1. The number of sulfonamides is 1. The maximum atomic E-state index is 12.0. The van der Waals surface area contributed by atoms with E-state index in [-0.39, 0.29) is 12.4 Å². The fourth-order valence-electron chi connectivity index (χ4n) is 1.77. The van der Waals surface area contributed by atoms with Gasteiger partial charge in [0, 0.05) is 6.54 Å². The van der Waals surface area contributed by atoms with Crippen LogP contribution >= 0.6 is 11.3 Å². The van der Waals surface area contributed by atoms with Gasteiger partial charge in [-0.3, -0.25) is 0 Å². The van der Waals surface area contributed by atoms with Gasteiger partial charge in [-0.25, -0.2) is 13.1 Å². The van der Waals surface area contributed by atoms with Crippen LogP contribution in [0.15, 0.2) is 35.0 Å². The molecular formula is C14H17NO3S2. The summed E-state index contributed by atoms with van der Waals surface area (Å²) in [7, 11) is -3.35. The van der Waals surface area contributed by atoms with Crippen molar-refractivity contribution in [1.29, 1.82) is 0 Å². The molecule has 108 valence electrons. The van der Waals surface area contributed by atoms with Crippen LogP contribution in [-0.4, -0.2) is 13.5 Å². The second-order valence-electron chi connectivity index (χ2n) is 4.63. The number of nitrogens with one attached hydrogen (secondary N) is 1. The van der Waals surface area contributed by atoms with Gasteiger partial charge in [-0.05, 0) is 39.9 Å². The smallest absolute Gasteiger partial charge is 0.216 e. The summed E-state index contributed by atoms with van der Waals surface area (Å²) in [5.41, 5.74) is 3.59. The van der Waals surface area contributed by atoms with E-state index in [0.717, 1.165) is 16.7 Å². The first kappa shape index (κ1) is 15.2. The Hall–Kier alpha value is -1.21. The highest BCUT2D eigenvalue weighted by atomic mass is 32.2. The van der Waals surface area contributed by atoms with Crippen LogP contribution in [0, 0.1) is 6.92 Å². The summed E-state index contributed by atoms with van der Waals surface area (Å²) < 4.78 is 26.6. The van der Waals surface area contributed by atoms with Crippen molar-refractivity contribution in [2.24, 2.45) is 0 Å². The number of rotatable bonds is 6. The molecule has 0 saturated carbocycles. The molecule has 0 fully saturated rings. The van der Waals surface area contributed by atoms with Crippen LogP contribution in [0.25, 0.3) is 0 Å². The summed E-state index contributed by atoms with van der Waals surface area (Å²) >= 11 is 1.57. The predicted octanol–water partition coefficient (Wildman–Crippen LogP) is 2.17. The molecule has 0 aliphatic carbocycles. The summed E-state index contributed by atoms with van der Waals surface area (Å²) in [5, 5.41) is 12.9. The molecule has 0 radical (unpaired) electrons. The zero-order chi connectivity index (χ0) is 14.6. The first-order chi connectivity index (χ1) is 9.50. The van der Waals surface area contributed by atoms with Crippen LogP contribution in [0.4, 0.5) is 0 Å². The van der Waals surface area contributed by atoms with Crippen LogP contribution in [0.1, 0.15) is 22.3 Å². The normalized spacial score (nSPS) is 11.7. The fraction of sp³-hybridized carbons (Fsp3) is 0.286. The van der Waals surface area contributed by atoms with Gasteiger partial charge in [0.15, 0.2) is 0 Å². The molecule has 2 N–H and O–H groups in total. The lowest BCUT2D eigenvalue weighted by molar-refractivity contribution is 0.282. The van der Waals surface area contributed by atoms with E-state index in [0.29, 0.717) is 12.1 Å². The Morgan fingerprint density at radius 1 is 1.15 bits per heavy atom. The maximum absolute atomic E-state index is 12.0. The van der Waals surface area contributed by atoms with Gasteiger partial charge < -0.3 is 5.11 Å². The zero-order valence-corrected chi connectivity index (χ0v) is 12.8. The van der Waals surface area contributed by atoms with Gasteiger partial charge in [-0.15, -0.1) is 0 Å². The van der Waals surface area contributed by atoms with Crippen molar-refractivity contribution in [2.45, 2.75) is 25.8 Å². The standard InChI is InChI=1S/C14H17NO3S2/c1-11-8-19-9-14(11)6-15-20(17,18)10-13-4-2-12(7-16)3-5-13/h2-5,8-9,15-16H,6-7,10H2,1H3. The molecule has 1 aromatic carbocycles. The molecule has 2 aromatic rings.